The van der Waals surface area contributed by atoms with Gasteiger partial charge in [-0.25, -0.2) is 4.39 Å². The van der Waals surface area contributed by atoms with Crippen LogP contribution in [0.15, 0.2) is 36.4 Å². The summed E-state index contributed by atoms with van der Waals surface area (Å²) in [6.45, 7) is 2.65. The molecule has 0 spiro atoms. The van der Waals surface area contributed by atoms with Crippen LogP contribution in [-0.4, -0.2) is 0 Å². The van der Waals surface area contributed by atoms with Gasteiger partial charge in [-0.05, 0) is 25.1 Å². The van der Waals surface area contributed by atoms with E-state index < -0.39 is 0 Å². The topological polar surface area (TPSA) is 12.0 Å². The lowest BCUT2D eigenvalue weighted by molar-refractivity contribution is 0.530. The zero-order valence-corrected chi connectivity index (χ0v) is 11.0. The Bertz CT molecular complexity index is 498. The van der Waals surface area contributed by atoms with Crippen LogP contribution in [0.3, 0.4) is 0 Å². The SMILES string of the molecule is CC(NCc1ccc(Cl)s1)c1ccccc1F. The number of hydrogen-bond donors (Lipinski definition) is 1. The summed E-state index contributed by atoms with van der Waals surface area (Å²) >= 11 is 7.39. The lowest BCUT2D eigenvalue weighted by Gasteiger charge is -2.14. The molecule has 0 bridgehead atoms. The molecule has 17 heavy (non-hydrogen) atoms. The third-order valence-corrected chi connectivity index (χ3v) is 3.81. The van der Waals surface area contributed by atoms with Crippen molar-refractivity contribution in [2.45, 2.75) is 19.5 Å². The molecule has 0 radical (unpaired) electrons. The molecule has 1 N–H and O–H groups in total. The quantitative estimate of drug-likeness (QED) is 0.868. The highest BCUT2D eigenvalue weighted by Crippen LogP contribution is 2.22. The van der Waals surface area contributed by atoms with E-state index in [0.717, 1.165) is 9.21 Å². The molecule has 1 nitrogen and oxygen atoms in total. The van der Waals surface area contributed by atoms with Crippen LogP contribution in [0.4, 0.5) is 4.39 Å². The molecule has 4 heteroatoms. The average molecular weight is 270 g/mol. The molecule has 1 atom stereocenters. The molecule has 1 unspecified atom stereocenters. The number of benzene rings is 1. The van der Waals surface area contributed by atoms with Crippen LogP contribution in [0.5, 0.6) is 0 Å². The summed E-state index contributed by atoms with van der Waals surface area (Å²) in [5.41, 5.74) is 0.690. The zero-order valence-electron chi connectivity index (χ0n) is 9.41. The van der Waals surface area contributed by atoms with Crippen molar-refractivity contribution < 1.29 is 4.39 Å². The van der Waals surface area contributed by atoms with Gasteiger partial charge in [0.05, 0.1) is 4.34 Å². The lowest BCUT2D eigenvalue weighted by atomic mass is 10.1. The first-order chi connectivity index (χ1) is 8.16. The van der Waals surface area contributed by atoms with E-state index in [0.29, 0.717) is 12.1 Å². The number of rotatable bonds is 4. The molecule has 1 aromatic heterocycles. The van der Waals surface area contributed by atoms with Gasteiger partial charge in [0, 0.05) is 23.0 Å². The van der Waals surface area contributed by atoms with E-state index >= 15 is 0 Å². The van der Waals surface area contributed by atoms with Crippen LogP contribution < -0.4 is 5.32 Å². The Hall–Kier alpha value is -0.900. The highest BCUT2D eigenvalue weighted by Gasteiger charge is 2.09. The smallest absolute Gasteiger partial charge is 0.127 e. The van der Waals surface area contributed by atoms with Crippen molar-refractivity contribution in [2.24, 2.45) is 0 Å². The second-order valence-electron chi connectivity index (χ2n) is 3.83. The van der Waals surface area contributed by atoms with Crippen molar-refractivity contribution in [2.75, 3.05) is 0 Å². The predicted molar refractivity (Wildman–Crippen MR) is 71.0 cm³/mol. The molecule has 0 aliphatic rings. The molecule has 1 aromatic carbocycles. The van der Waals surface area contributed by atoms with Crippen molar-refractivity contribution in [3.05, 3.63) is 57.0 Å². The van der Waals surface area contributed by atoms with E-state index in [9.17, 15) is 4.39 Å². The van der Waals surface area contributed by atoms with Crippen LogP contribution in [0, 0.1) is 5.82 Å². The molecule has 0 amide bonds. The summed E-state index contributed by atoms with van der Waals surface area (Å²) in [5.74, 6) is -0.170. The maximum Gasteiger partial charge on any atom is 0.127 e. The monoisotopic (exact) mass is 269 g/mol. The van der Waals surface area contributed by atoms with Gasteiger partial charge in [0.25, 0.3) is 0 Å². The highest BCUT2D eigenvalue weighted by molar-refractivity contribution is 7.16. The summed E-state index contributed by atoms with van der Waals surface area (Å²) in [6.07, 6.45) is 0. The maximum absolute atomic E-state index is 13.5. The summed E-state index contributed by atoms with van der Waals surface area (Å²) in [7, 11) is 0. The van der Waals surface area contributed by atoms with Gasteiger partial charge in [-0.2, -0.15) is 0 Å². The van der Waals surface area contributed by atoms with Gasteiger partial charge in [0.1, 0.15) is 5.82 Å². The maximum atomic E-state index is 13.5. The molecule has 0 saturated carbocycles. The van der Waals surface area contributed by atoms with Crippen LogP contribution in [0.1, 0.15) is 23.4 Å². The van der Waals surface area contributed by atoms with Gasteiger partial charge in [-0.15, -0.1) is 11.3 Å². The minimum atomic E-state index is -0.170. The van der Waals surface area contributed by atoms with Crippen molar-refractivity contribution in [3.63, 3.8) is 0 Å². The van der Waals surface area contributed by atoms with Crippen LogP contribution in [0.25, 0.3) is 0 Å². The van der Waals surface area contributed by atoms with Gasteiger partial charge in [0.2, 0.25) is 0 Å². The standard InChI is InChI=1S/C13H13ClFNS/c1-9(11-4-2-3-5-12(11)15)16-8-10-6-7-13(14)17-10/h2-7,9,16H,8H2,1H3. The van der Waals surface area contributed by atoms with Crippen molar-refractivity contribution in [1.82, 2.24) is 5.32 Å². The first-order valence-electron chi connectivity index (χ1n) is 5.39. The Labute approximate surface area is 109 Å². The Morgan fingerprint density at radius 2 is 2.06 bits per heavy atom. The van der Waals surface area contributed by atoms with E-state index in [4.69, 9.17) is 11.6 Å². The largest absolute Gasteiger partial charge is 0.305 e. The number of thiophene rings is 1. The van der Waals surface area contributed by atoms with E-state index in [-0.39, 0.29) is 11.9 Å². The molecule has 2 rings (SSSR count). The fourth-order valence-electron chi connectivity index (χ4n) is 1.64. The van der Waals surface area contributed by atoms with E-state index in [2.05, 4.69) is 5.32 Å². The second-order valence-corrected chi connectivity index (χ2v) is 5.63. The Morgan fingerprint density at radius 3 is 2.71 bits per heavy atom. The van der Waals surface area contributed by atoms with Crippen molar-refractivity contribution in [3.8, 4) is 0 Å². The molecular weight excluding hydrogens is 257 g/mol. The normalized spacial score (nSPS) is 12.6. The molecule has 0 aliphatic heterocycles. The lowest BCUT2D eigenvalue weighted by Crippen LogP contribution is -2.18. The van der Waals surface area contributed by atoms with Crippen LogP contribution in [-0.2, 0) is 6.54 Å². The van der Waals surface area contributed by atoms with E-state index in [1.807, 2.05) is 25.1 Å². The number of halogens is 2. The fraction of sp³-hybridized carbons (Fsp3) is 0.231. The van der Waals surface area contributed by atoms with Gasteiger partial charge in [0.15, 0.2) is 0 Å². The van der Waals surface area contributed by atoms with Gasteiger partial charge >= 0.3 is 0 Å². The zero-order chi connectivity index (χ0) is 12.3. The number of nitrogens with one attached hydrogen (secondary N) is 1. The Morgan fingerprint density at radius 1 is 1.29 bits per heavy atom. The average Bonchev–Trinajstić information content (AvgIpc) is 2.73. The summed E-state index contributed by atoms with van der Waals surface area (Å²) in [4.78, 5) is 1.15. The molecule has 0 saturated heterocycles. The molecule has 2 aromatic rings. The molecule has 1 heterocycles. The predicted octanol–water partition coefficient (Wildman–Crippen LogP) is 4.39. The Kier molecular flexibility index (Phi) is 4.15. The minimum absolute atomic E-state index is 0.0166. The second kappa shape index (κ2) is 5.63. The molecule has 0 fully saturated rings. The Balaban J connectivity index is 1.98. The first kappa shape index (κ1) is 12.6. The van der Waals surface area contributed by atoms with Crippen molar-refractivity contribution >= 4 is 22.9 Å². The number of hydrogen-bond acceptors (Lipinski definition) is 2. The first-order valence-corrected chi connectivity index (χ1v) is 6.58. The molecular formula is C13H13ClFNS. The highest BCUT2D eigenvalue weighted by atomic mass is 35.5. The van der Waals surface area contributed by atoms with Crippen LogP contribution >= 0.6 is 22.9 Å². The van der Waals surface area contributed by atoms with Gasteiger partial charge < -0.3 is 5.32 Å². The van der Waals surface area contributed by atoms with E-state index in [1.54, 1.807) is 12.1 Å². The summed E-state index contributed by atoms with van der Waals surface area (Å²) < 4.78 is 14.3. The summed E-state index contributed by atoms with van der Waals surface area (Å²) in [6, 6.07) is 10.7. The van der Waals surface area contributed by atoms with Crippen molar-refractivity contribution in [1.29, 1.82) is 0 Å². The molecule has 0 aliphatic carbocycles. The van der Waals surface area contributed by atoms with Crippen LogP contribution in [0.2, 0.25) is 4.34 Å². The fourth-order valence-corrected chi connectivity index (χ4v) is 2.68. The van der Waals surface area contributed by atoms with Gasteiger partial charge in [-0.1, -0.05) is 29.8 Å². The third kappa shape index (κ3) is 3.28. The van der Waals surface area contributed by atoms with E-state index in [1.165, 1.54) is 17.4 Å². The summed E-state index contributed by atoms with van der Waals surface area (Å²) in [5, 5.41) is 3.28. The van der Waals surface area contributed by atoms with Gasteiger partial charge in [-0.3, -0.25) is 0 Å². The minimum Gasteiger partial charge on any atom is -0.305 e. The third-order valence-electron chi connectivity index (χ3n) is 2.58. The molecule has 90 valence electrons.